The second-order valence-electron chi connectivity index (χ2n) is 7.11. The average molecular weight is 354 g/mol. The zero-order valence-electron chi connectivity index (χ0n) is 15.6. The van der Waals surface area contributed by atoms with Gasteiger partial charge in [-0.2, -0.15) is 0 Å². The zero-order chi connectivity index (χ0) is 18.5. The Bertz CT molecular complexity index is 843. The minimum Gasteiger partial charge on any atom is -0.475 e. The molecule has 0 unspecified atom stereocenters. The average Bonchev–Trinajstić information content (AvgIpc) is 3.20. The van der Waals surface area contributed by atoms with Gasteiger partial charge in [0.25, 0.3) is 0 Å². The number of aliphatic imine (C=N–C) groups is 1. The summed E-state index contributed by atoms with van der Waals surface area (Å²) in [6.07, 6.45) is 1.85. The Hall–Kier alpha value is -2.87. The van der Waals surface area contributed by atoms with Crippen LogP contribution in [0.5, 0.6) is 0 Å². The van der Waals surface area contributed by atoms with E-state index in [1.807, 2.05) is 0 Å². The Labute approximate surface area is 161 Å². The standard InChI is InChI=1S/C25H24NO/c1-19-12-14-22(15-13-19)25-26-24(18-27-25)23(16-20-8-4-2-5-9-20)17-21-10-6-3-7-11-21/h2-15,24H,16-18H2,1H3/t24-/m1/s1. The van der Waals surface area contributed by atoms with E-state index in [-0.39, 0.29) is 6.04 Å². The molecule has 1 radical (unpaired) electrons. The van der Waals surface area contributed by atoms with E-state index >= 15 is 0 Å². The highest BCUT2D eigenvalue weighted by Gasteiger charge is 2.29. The van der Waals surface area contributed by atoms with Gasteiger partial charge in [-0.15, -0.1) is 0 Å². The van der Waals surface area contributed by atoms with Gasteiger partial charge >= 0.3 is 0 Å². The fourth-order valence-electron chi connectivity index (χ4n) is 3.45. The molecule has 2 heteroatoms. The van der Waals surface area contributed by atoms with Crippen molar-refractivity contribution in [1.29, 1.82) is 0 Å². The van der Waals surface area contributed by atoms with Crippen LogP contribution in [0, 0.1) is 12.8 Å². The first-order valence-electron chi connectivity index (χ1n) is 9.48. The topological polar surface area (TPSA) is 21.6 Å². The zero-order valence-corrected chi connectivity index (χ0v) is 15.6. The van der Waals surface area contributed by atoms with E-state index in [0.717, 1.165) is 24.3 Å². The molecule has 0 saturated carbocycles. The Morgan fingerprint density at radius 1 is 0.815 bits per heavy atom. The molecule has 0 aliphatic carbocycles. The molecule has 1 heterocycles. The third kappa shape index (κ3) is 4.46. The van der Waals surface area contributed by atoms with Crippen LogP contribution in [0.4, 0.5) is 0 Å². The first kappa shape index (κ1) is 17.5. The van der Waals surface area contributed by atoms with Gasteiger partial charge in [0.2, 0.25) is 5.90 Å². The van der Waals surface area contributed by atoms with E-state index < -0.39 is 0 Å². The molecule has 135 valence electrons. The molecule has 27 heavy (non-hydrogen) atoms. The molecular formula is C25H24NO. The second kappa shape index (κ2) is 8.22. The highest BCUT2D eigenvalue weighted by Crippen LogP contribution is 2.26. The number of nitrogens with zero attached hydrogens (tertiary/aromatic N) is 1. The summed E-state index contributed by atoms with van der Waals surface area (Å²) in [6.45, 7) is 2.72. The quantitative estimate of drug-likeness (QED) is 0.596. The van der Waals surface area contributed by atoms with Crippen LogP contribution in [-0.4, -0.2) is 18.5 Å². The molecule has 0 spiro atoms. The van der Waals surface area contributed by atoms with Gasteiger partial charge in [-0.3, -0.25) is 0 Å². The molecule has 1 aliphatic heterocycles. The normalized spacial score (nSPS) is 16.2. The first-order valence-corrected chi connectivity index (χ1v) is 9.48. The summed E-state index contributed by atoms with van der Waals surface area (Å²) >= 11 is 0. The van der Waals surface area contributed by atoms with Crippen molar-refractivity contribution in [2.45, 2.75) is 25.8 Å². The van der Waals surface area contributed by atoms with Crippen LogP contribution in [-0.2, 0) is 17.6 Å². The lowest BCUT2D eigenvalue weighted by Crippen LogP contribution is -2.22. The molecule has 4 rings (SSSR count). The van der Waals surface area contributed by atoms with Crippen molar-refractivity contribution < 1.29 is 4.74 Å². The molecule has 1 aliphatic rings. The van der Waals surface area contributed by atoms with Crippen LogP contribution in [0.25, 0.3) is 0 Å². The fraction of sp³-hybridized carbons (Fsp3) is 0.200. The lowest BCUT2D eigenvalue weighted by molar-refractivity contribution is 0.317. The second-order valence-corrected chi connectivity index (χ2v) is 7.11. The molecule has 0 fully saturated rings. The summed E-state index contributed by atoms with van der Waals surface area (Å²) in [4.78, 5) is 4.94. The van der Waals surface area contributed by atoms with Gasteiger partial charge in [-0.25, -0.2) is 4.99 Å². The van der Waals surface area contributed by atoms with Gasteiger partial charge in [0, 0.05) is 11.5 Å². The van der Waals surface area contributed by atoms with E-state index in [1.165, 1.54) is 22.6 Å². The van der Waals surface area contributed by atoms with E-state index in [2.05, 4.69) is 91.9 Å². The van der Waals surface area contributed by atoms with Crippen LogP contribution < -0.4 is 0 Å². The van der Waals surface area contributed by atoms with E-state index in [1.54, 1.807) is 0 Å². The van der Waals surface area contributed by atoms with E-state index in [0.29, 0.717) is 6.61 Å². The van der Waals surface area contributed by atoms with Gasteiger partial charge in [0.05, 0.1) is 6.04 Å². The number of hydrogen-bond acceptors (Lipinski definition) is 2. The number of ether oxygens (including phenoxy) is 1. The third-order valence-corrected chi connectivity index (χ3v) is 4.97. The number of benzene rings is 3. The Morgan fingerprint density at radius 3 is 1.93 bits per heavy atom. The molecule has 0 amide bonds. The molecule has 1 atom stereocenters. The summed E-state index contributed by atoms with van der Waals surface area (Å²) in [5, 5.41) is 0. The van der Waals surface area contributed by atoms with Crippen molar-refractivity contribution in [1.82, 2.24) is 0 Å². The highest BCUT2D eigenvalue weighted by molar-refractivity contribution is 5.95. The molecule has 2 nitrogen and oxygen atoms in total. The Balaban J connectivity index is 1.57. The van der Waals surface area contributed by atoms with Crippen LogP contribution >= 0.6 is 0 Å². The molecule has 0 bridgehead atoms. The first-order chi connectivity index (χ1) is 13.3. The predicted octanol–water partition coefficient (Wildman–Crippen LogP) is 5.20. The Kier molecular flexibility index (Phi) is 5.34. The minimum absolute atomic E-state index is 0.0988. The molecule has 3 aromatic carbocycles. The summed E-state index contributed by atoms with van der Waals surface area (Å²) in [6, 6.07) is 29.7. The van der Waals surface area contributed by atoms with Crippen molar-refractivity contribution in [3.05, 3.63) is 113 Å². The minimum atomic E-state index is 0.0988. The highest BCUT2D eigenvalue weighted by atomic mass is 16.5. The monoisotopic (exact) mass is 354 g/mol. The molecule has 0 aromatic heterocycles. The predicted molar refractivity (Wildman–Crippen MR) is 111 cm³/mol. The molecular weight excluding hydrogens is 330 g/mol. The lowest BCUT2D eigenvalue weighted by atomic mass is 9.87. The smallest absolute Gasteiger partial charge is 0.216 e. The van der Waals surface area contributed by atoms with Crippen LogP contribution in [0.1, 0.15) is 22.3 Å². The van der Waals surface area contributed by atoms with E-state index in [4.69, 9.17) is 9.73 Å². The maximum atomic E-state index is 5.98. The summed E-state index contributed by atoms with van der Waals surface area (Å²) in [5.74, 6) is 2.16. The summed E-state index contributed by atoms with van der Waals surface area (Å²) < 4.78 is 5.98. The van der Waals surface area contributed by atoms with Gasteiger partial charge in [-0.1, -0.05) is 78.4 Å². The van der Waals surface area contributed by atoms with Gasteiger partial charge in [-0.05, 0) is 43.0 Å². The number of aryl methyl sites for hydroxylation is 1. The largest absolute Gasteiger partial charge is 0.475 e. The van der Waals surface area contributed by atoms with Gasteiger partial charge in [0.1, 0.15) is 6.61 Å². The van der Waals surface area contributed by atoms with Crippen molar-refractivity contribution >= 4 is 5.90 Å². The molecule has 0 N–H and O–H groups in total. The van der Waals surface area contributed by atoms with Gasteiger partial charge in [0.15, 0.2) is 0 Å². The molecule has 3 aromatic rings. The van der Waals surface area contributed by atoms with Gasteiger partial charge < -0.3 is 4.74 Å². The van der Waals surface area contributed by atoms with Crippen LogP contribution in [0.15, 0.2) is 89.9 Å². The summed E-state index contributed by atoms with van der Waals surface area (Å²) in [7, 11) is 0. The van der Waals surface area contributed by atoms with Crippen molar-refractivity contribution in [3.8, 4) is 0 Å². The van der Waals surface area contributed by atoms with Crippen molar-refractivity contribution in [2.24, 2.45) is 4.99 Å². The number of rotatable bonds is 6. The van der Waals surface area contributed by atoms with E-state index in [9.17, 15) is 0 Å². The fourth-order valence-corrected chi connectivity index (χ4v) is 3.45. The molecule has 0 saturated heterocycles. The maximum Gasteiger partial charge on any atom is 0.216 e. The van der Waals surface area contributed by atoms with Crippen LogP contribution in [0.3, 0.4) is 0 Å². The van der Waals surface area contributed by atoms with Crippen molar-refractivity contribution in [3.63, 3.8) is 0 Å². The van der Waals surface area contributed by atoms with Crippen molar-refractivity contribution in [2.75, 3.05) is 6.61 Å². The third-order valence-electron chi connectivity index (χ3n) is 4.97. The van der Waals surface area contributed by atoms with Crippen LogP contribution in [0.2, 0.25) is 0 Å². The number of hydrogen-bond donors (Lipinski definition) is 0. The SMILES string of the molecule is Cc1ccc(C2=N[C@@H]([C](Cc3ccccc3)Cc3ccccc3)CO2)cc1. The lowest BCUT2D eigenvalue weighted by Gasteiger charge is -2.20. The summed E-state index contributed by atoms with van der Waals surface area (Å²) in [5.41, 5.74) is 4.95. The Morgan fingerprint density at radius 2 is 1.37 bits per heavy atom. The maximum absolute atomic E-state index is 5.98.